The zero-order valence-corrected chi connectivity index (χ0v) is 10.7. The second-order valence-corrected chi connectivity index (χ2v) is 4.91. The summed E-state index contributed by atoms with van der Waals surface area (Å²) in [6, 6.07) is 5.06. The van der Waals surface area contributed by atoms with Gasteiger partial charge in [0.15, 0.2) is 11.5 Å². The monoisotopic (exact) mass is 284 g/mol. The molecule has 0 atom stereocenters. The van der Waals surface area contributed by atoms with Gasteiger partial charge in [0, 0.05) is 11.8 Å². The number of carbonyl (C=O) groups is 1. The summed E-state index contributed by atoms with van der Waals surface area (Å²) in [5, 5.41) is 2.66. The van der Waals surface area contributed by atoms with Crippen LogP contribution in [-0.2, 0) is 4.79 Å². The van der Waals surface area contributed by atoms with Gasteiger partial charge in [-0.1, -0.05) is 0 Å². The van der Waals surface area contributed by atoms with Crippen molar-refractivity contribution >= 4 is 11.6 Å². The van der Waals surface area contributed by atoms with Crippen LogP contribution in [0, 0.1) is 0 Å². The molecule has 1 fully saturated rings. The lowest BCUT2D eigenvalue weighted by Crippen LogP contribution is -2.57. The molecule has 7 heteroatoms. The lowest BCUT2D eigenvalue weighted by molar-refractivity contribution is -0.141. The maximum Gasteiger partial charge on any atom is 0.272 e. The molecule has 2 aliphatic heterocycles. The lowest BCUT2D eigenvalue weighted by Gasteiger charge is -2.37. The maximum atomic E-state index is 12.7. The number of benzene rings is 1. The van der Waals surface area contributed by atoms with Crippen molar-refractivity contribution in [1.82, 2.24) is 4.90 Å². The number of hydrogen-bond donors (Lipinski definition) is 1. The molecule has 2 aliphatic rings. The molecule has 0 radical (unpaired) electrons. The number of halogens is 2. The van der Waals surface area contributed by atoms with E-state index >= 15 is 0 Å². The van der Waals surface area contributed by atoms with Crippen LogP contribution in [0.3, 0.4) is 0 Å². The van der Waals surface area contributed by atoms with Gasteiger partial charge in [-0.3, -0.25) is 9.69 Å². The molecule has 0 spiro atoms. The van der Waals surface area contributed by atoms with E-state index in [0.717, 1.165) is 0 Å². The summed E-state index contributed by atoms with van der Waals surface area (Å²) < 4.78 is 36.1. The quantitative estimate of drug-likeness (QED) is 0.910. The highest BCUT2D eigenvalue weighted by Gasteiger charge is 2.44. The molecule has 0 saturated carbocycles. The second-order valence-electron chi connectivity index (χ2n) is 4.91. The fraction of sp³-hybridized carbons (Fsp3) is 0.462. The van der Waals surface area contributed by atoms with Crippen LogP contribution in [0.4, 0.5) is 14.5 Å². The van der Waals surface area contributed by atoms with E-state index in [2.05, 4.69) is 5.32 Å². The first kappa shape index (κ1) is 13.1. The molecule has 20 heavy (non-hydrogen) atoms. The standard InChI is InChI=1S/C13H14F2N2O3/c14-13(15)7-17(8-13)6-12(18)16-9-1-2-10-11(5-9)20-4-3-19-10/h1-2,5H,3-4,6-8H2,(H,16,18). The molecule has 1 saturated heterocycles. The summed E-state index contributed by atoms with van der Waals surface area (Å²) in [4.78, 5) is 13.1. The van der Waals surface area contributed by atoms with Crippen LogP contribution in [0.5, 0.6) is 11.5 Å². The van der Waals surface area contributed by atoms with Gasteiger partial charge in [0.2, 0.25) is 5.91 Å². The third-order valence-electron chi connectivity index (χ3n) is 3.10. The van der Waals surface area contributed by atoms with Crippen molar-refractivity contribution < 1.29 is 23.0 Å². The fourth-order valence-electron chi connectivity index (χ4n) is 2.24. The lowest BCUT2D eigenvalue weighted by atomic mass is 10.1. The molecular weight excluding hydrogens is 270 g/mol. The van der Waals surface area contributed by atoms with Crippen molar-refractivity contribution in [2.24, 2.45) is 0 Å². The predicted octanol–water partition coefficient (Wildman–Crippen LogP) is 1.35. The molecule has 0 unspecified atom stereocenters. The molecule has 1 N–H and O–H groups in total. The van der Waals surface area contributed by atoms with E-state index in [1.807, 2.05) is 0 Å². The average molecular weight is 284 g/mol. The van der Waals surface area contributed by atoms with E-state index in [0.29, 0.717) is 30.4 Å². The van der Waals surface area contributed by atoms with Gasteiger partial charge in [-0.05, 0) is 12.1 Å². The number of likely N-dealkylation sites (tertiary alicyclic amines) is 1. The highest BCUT2D eigenvalue weighted by molar-refractivity contribution is 5.92. The first-order chi connectivity index (χ1) is 9.52. The molecule has 108 valence electrons. The summed E-state index contributed by atoms with van der Waals surface area (Å²) >= 11 is 0. The molecule has 0 aliphatic carbocycles. The summed E-state index contributed by atoms with van der Waals surface area (Å²) in [5.41, 5.74) is 0.562. The normalized spacial score (nSPS) is 20.1. The number of hydrogen-bond acceptors (Lipinski definition) is 4. The summed E-state index contributed by atoms with van der Waals surface area (Å²) in [6.45, 7) is 0.211. The van der Waals surface area contributed by atoms with E-state index in [1.165, 1.54) is 4.90 Å². The molecule has 0 aromatic heterocycles. The van der Waals surface area contributed by atoms with Gasteiger partial charge in [0.05, 0.1) is 19.6 Å². The Morgan fingerprint density at radius 1 is 1.25 bits per heavy atom. The van der Waals surface area contributed by atoms with E-state index < -0.39 is 5.92 Å². The third-order valence-corrected chi connectivity index (χ3v) is 3.10. The van der Waals surface area contributed by atoms with Crippen molar-refractivity contribution in [1.29, 1.82) is 0 Å². The highest BCUT2D eigenvalue weighted by atomic mass is 19.3. The number of amides is 1. The van der Waals surface area contributed by atoms with Gasteiger partial charge in [0.25, 0.3) is 5.92 Å². The average Bonchev–Trinajstić information content (AvgIpc) is 2.36. The van der Waals surface area contributed by atoms with E-state index in [9.17, 15) is 13.6 Å². The zero-order valence-electron chi connectivity index (χ0n) is 10.7. The van der Waals surface area contributed by atoms with Crippen LogP contribution in [0.15, 0.2) is 18.2 Å². The zero-order chi connectivity index (χ0) is 14.2. The number of carbonyl (C=O) groups excluding carboxylic acids is 1. The Hall–Kier alpha value is -1.89. The number of alkyl halides is 2. The van der Waals surface area contributed by atoms with Gasteiger partial charge < -0.3 is 14.8 Å². The van der Waals surface area contributed by atoms with Gasteiger partial charge in [-0.25, -0.2) is 8.78 Å². The number of nitrogens with one attached hydrogen (secondary N) is 1. The van der Waals surface area contributed by atoms with Crippen LogP contribution in [0.25, 0.3) is 0 Å². The number of fused-ring (bicyclic) bond motifs is 1. The van der Waals surface area contributed by atoms with Crippen molar-refractivity contribution in [3.63, 3.8) is 0 Å². The number of ether oxygens (including phenoxy) is 2. The Labute approximate surface area is 114 Å². The summed E-state index contributed by atoms with van der Waals surface area (Å²) in [6.07, 6.45) is 0. The van der Waals surface area contributed by atoms with Crippen LogP contribution in [0.2, 0.25) is 0 Å². The van der Waals surface area contributed by atoms with Crippen molar-refractivity contribution in [3.05, 3.63) is 18.2 Å². The van der Waals surface area contributed by atoms with Gasteiger partial charge >= 0.3 is 0 Å². The second kappa shape index (κ2) is 4.90. The molecular formula is C13H14F2N2O3. The smallest absolute Gasteiger partial charge is 0.272 e. The molecule has 5 nitrogen and oxygen atoms in total. The van der Waals surface area contributed by atoms with Crippen LogP contribution < -0.4 is 14.8 Å². The molecule has 0 bridgehead atoms. The first-order valence-corrected chi connectivity index (χ1v) is 6.32. The van der Waals surface area contributed by atoms with Crippen LogP contribution >= 0.6 is 0 Å². The molecule has 3 rings (SSSR count). The predicted molar refractivity (Wildman–Crippen MR) is 67.4 cm³/mol. The van der Waals surface area contributed by atoms with Gasteiger partial charge in [-0.2, -0.15) is 0 Å². The Kier molecular flexibility index (Phi) is 3.21. The van der Waals surface area contributed by atoms with Crippen molar-refractivity contribution in [3.8, 4) is 11.5 Å². The van der Waals surface area contributed by atoms with Gasteiger partial charge in [0.1, 0.15) is 13.2 Å². The van der Waals surface area contributed by atoms with Gasteiger partial charge in [-0.15, -0.1) is 0 Å². The Bertz CT molecular complexity index is 528. The minimum absolute atomic E-state index is 0.0377. The summed E-state index contributed by atoms with van der Waals surface area (Å²) in [5.74, 6) is -1.77. The minimum Gasteiger partial charge on any atom is -0.486 e. The van der Waals surface area contributed by atoms with E-state index in [4.69, 9.17) is 9.47 Å². The van der Waals surface area contributed by atoms with E-state index in [-0.39, 0.29) is 25.5 Å². The SMILES string of the molecule is O=C(CN1CC(F)(F)C1)Nc1ccc2c(c1)OCCO2. The molecule has 1 amide bonds. The largest absolute Gasteiger partial charge is 0.486 e. The number of rotatable bonds is 3. The van der Waals surface area contributed by atoms with Crippen molar-refractivity contribution in [2.45, 2.75) is 5.92 Å². The topological polar surface area (TPSA) is 50.8 Å². The number of nitrogens with zero attached hydrogens (tertiary/aromatic N) is 1. The third kappa shape index (κ3) is 2.82. The van der Waals surface area contributed by atoms with Crippen LogP contribution in [-0.4, -0.2) is 49.6 Å². The minimum atomic E-state index is -2.66. The summed E-state index contributed by atoms with van der Waals surface area (Å²) in [7, 11) is 0. The van der Waals surface area contributed by atoms with E-state index in [1.54, 1.807) is 18.2 Å². The number of anilines is 1. The molecule has 1 aromatic carbocycles. The maximum absolute atomic E-state index is 12.7. The molecule has 1 aromatic rings. The van der Waals surface area contributed by atoms with Crippen molar-refractivity contribution in [2.75, 3.05) is 38.2 Å². The Morgan fingerprint density at radius 2 is 1.95 bits per heavy atom. The fourth-order valence-corrected chi connectivity index (χ4v) is 2.24. The highest BCUT2D eigenvalue weighted by Crippen LogP contribution is 2.32. The first-order valence-electron chi connectivity index (χ1n) is 6.32. The van der Waals surface area contributed by atoms with Crippen LogP contribution in [0.1, 0.15) is 0 Å². The Morgan fingerprint density at radius 3 is 2.65 bits per heavy atom. The Balaban J connectivity index is 1.56. The molecule has 2 heterocycles.